The number of anilines is 2. The van der Waals surface area contributed by atoms with Crippen LogP contribution in [0.5, 0.6) is 0 Å². The fourth-order valence-electron chi connectivity index (χ4n) is 2.92. The lowest BCUT2D eigenvalue weighted by Crippen LogP contribution is -2.25. The van der Waals surface area contributed by atoms with Crippen molar-refractivity contribution in [1.82, 2.24) is 10.3 Å². The van der Waals surface area contributed by atoms with Gasteiger partial charge in [-0.2, -0.15) is 0 Å². The summed E-state index contributed by atoms with van der Waals surface area (Å²) in [5.41, 5.74) is 1.82. The predicted octanol–water partition coefficient (Wildman–Crippen LogP) is 4.72. The molecule has 0 saturated heterocycles. The van der Waals surface area contributed by atoms with Crippen LogP contribution in [0.1, 0.15) is 42.6 Å². The van der Waals surface area contributed by atoms with Gasteiger partial charge in [-0.05, 0) is 56.4 Å². The monoisotopic (exact) mass is 357 g/mol. The molecule has 0 radical (unpaired) electrons. The van der Waals surface area contributed by atoms with Gasteiger partial charge in [0.15, 0.2) is 0 Å². The Kier molecular flexibility index (Phi) is 5.94. The molecule has 0 aliphatic heterocycles. The molecule has 0 bridgehead atoms. The largest absolute Gasteiger partial charge is 0.350 e. The summed E-state index contributed by atoms with van der Waals surface area (Å²) in [6.07, 6.45) is 9.21. The topological polar surface area (TPSA) is 54.0 Å². The number of carbonyl (C=O) groups excluding carboxylic acids is 1. The number of pyridine rings is 1. The van der Waals surface area contributed by atoms with E-state index in [0.717, 1.165) is 19.3 Å². The van der Waals surface area contributed by atoms with Gasteiger partial charge in [0, 0.05) is 6.54 Å². The van der Waals surface area contributed by atoms with Crippen LogP contribution in [0.3, 0.4) is 0 Å². The van der Waals surface area contributed by atoms with E-state index in [4.69, 9.17) is 0 Å². The van der Waals surface area contributed by atoms with Gasteiger partial charge in [-0.25, -0.2) is 13.8 Å². The summed E-state index contributed by atoms with van der Waals surface area (Å²) in [6.45, 7) is 0.576. The van der Waals surface area contributed by atoms with Gasteiger partial charge in [-0.15, -0.1) is 0 Å². The standard InChI is InChI=1S/C20H21F2N3O/c21-16-7-4-8-17(22)19(16)25-15-9-10-18(24-13-15)20(26)23-12-11-14-5-2-1-3-6-14/h4-5,7-10,13,25H,1-3,6,11-12H2,(H,23,26). The minimum atomic E-state index is -0.691. The fraction of sp³-hybridized carbons (Fsp3) is 0.300. The lowest BCUT2D eigenvalue weighted by Gasteiger charge is -2.13. The van der Waals surface area contributed by atoms with Crippen molar-refractivity contribution in [2.24, 2.45) is 0 Å². The fourth-order valence-corrected chi connectivity index (χ4v) is 2.92. The first-order chi connectivity index (χ1) is 12.6. The van der Waals surface area contributed by atoms with E-state index < -0.39 is 11.6 Å². The van der Waals surface area contributed by atoms with Gasteiger partial charge in [-0.3, -0.25) is 4.79 Å². The van der Waals surface area contributed by atoms with Gasteiger partial charge in [0.25, 0.3) is 5.91 Å². The minimum absolute atomic E-state index is 0.243. The Hall–Kier alpha value is -2.76. The van der Waals surface area contributed by atoms with Gasteiger partial charge in [0.2, 0.25) is 0 Å². The van der Waals surface area contributed by atoms with Crippen molar-refractivity contribution in [2.45, 2.75) is 32.1 Å². The molecule has 1 aromatic carbocycles. The first-order valence-corrected chi connectivity index (χ1v) is 8.76. The zero-order valence-corrected chi connectivity index (χ0v) is 14.4. The van der Waals surface area contributed by atoms with Crippen molar-refractivity contribution in [2.75, 3.05) is 11.9 Å². The molecular weight excluding hydrogens is 336 g/mol. The molecule has 1 heterocycles. The summed E-state index contributed by atoms with van der Waals surface area (Å²) in [5, 5.41) is 5.49. The lowest BCUT2D eigenvalue weighted by atomic mass is 9.97. The van der Waals surface area contributed by atoms with Crippen LogP contribution in [0.15, 0.2) is 48.2 Å². The molecule has 26 heavy (non-hydrogen) atoms. The normalized spacial score (nSPS) is 13.8. The van der Waals surface area contributed by atoms with Gasteiger partial charge >= 0.3 is 0 Å². The Morgan fingerprint density at radius 2 is 1.92 bits per heavy atom. The SMILES string of the molecule is O=C(NCCC1=CCCCC1)c1ccc(Nc2c(F)cccc2F)cn1. The predicted molar refractivity (Wildman–Crippen MR) is 97.4 cm³/mol. The second-order valence-electron chi connectivity index (χ2n) is 6.27. The molecule has 6 heteroatoms. The highest BCUT2D eigenvalue weighted by Crippen LogP contribution is 2.23. The molecule has 2 N–H and O–H groups in total. The molecule has 1 aliphatic carbocycles. The van der Waals surface area contributed by atoms with Crippen LogP contribution >= 0.6 is 0 Å². The maximum absolute atomic E-state index is 13.6. The van der Waals surface area contributed by atoms with Crippen LogP contribution in [-0.2, 0) is 0 Å². The van der Waals surface area contributed by atoms with Gasteiger partial charge < -0.3 is 10.6 Å². The highest BCUT2D eigenvalue weighted by Gasteiger charge is 2.11. The molecule has 4 nitrogen and oxygen atoms in total. The summed E-state index contributed by atoms with van der Waals surface area (Å²) < 4.78 is 27.3. The smallest absolute Gasteiger partial charge is 0.269 e. The number of nitrogens with zero attached hydrogens (tertiary/aromatic N) is 1. The van der Waals surface area contributed by atoms with E-state index in [9.17, 15) is 13.6 Å². The van der Waals surface area contributed by atoms with Gasteiger partial charge in [0.1, 0.15) is 23.0 Å². The number of allylic oxidation sites excluding steroid dienone is 1. The molecule has 0 fully saturated rings. The Morgan fingerprint density at radius 1 is 1.12 bits per heavy atom. The number of rotatable bonds is 6. The highest BCUT2D eigenvalue weighted by atomic mass is 19.1. The number of aromatic nitrogens is 1. The second kappa shape index (κ2) is 8.56. The van der Waals surface area contributed by atoms with E-state index in [2.05, 4.69) is 21.7 Å². The number of nitrogens with one attached hydrogen (secondary N) is 2. The van der Waals surface area contributed by atoms with Crippen molar-refractivity contribution in [3.63, 3.8) is 0 Å². The Balaban J connectivity index is 1.55. The number of hydrogen-bond acceptors (Lipinski definition) is 3. The Bertz CT molecular complexity index is 783. The number of hydrogen-bond donors (Lipinski definition) is 2. The minimum Gasteiger partial charge on any atom is -0.350 e. The molecule has 0 atom stereocenters. The third-order valence-electron chi connectivity index (χ3n) is 4.34. The number of carbonyl (C=O) groups is 1. The number of benzene rings is 1. The van der Waals surface area contributed by atoms with E-state index in [1.165, 1.54) is 48.9 Å². The first-order valence-electron chi connectivity index (χ1n) is 8.76. The molecular formula is C20H21F2N3O. The summed E-state index contributed by atoms with van der Waals surface area (Å²) in [7, 11) is 0. The molecule has 1 amide bonds. The van der Waals surface area contributed by atoms with Crippen molar-refractivity contribution >= 4 is 17.3 Å². The Morgan fingerprint density at radius 3 is 2.58 bits per heavy atom. The summed E-state index contributed by atoms with van der Waals surface area (Å²) in [6, 6.07) is 6.73. The van der Waals surface area contributed by atoms with Gasteiger partial charge in [-0.1, -0.05) is 17.7 Å². The molecule has 2 aromatic rings. The zero-order valence-electron chi connectivity index (χ0n) is 14.4. The average molecular weight is 357 g/mol. The van der Waals surface area contributed by atoms with Gasteiger partial charge in [0.05, 0.1) is 11.9 Å². The van der Waals surface area contributed by atoms with Crippen LogP contribution in [0.25, 0.3) is 0 Å². The molecule has 1 aromatic heterocycles. The molecule has 0 spiro atoms. The molecule has 0 saturated carbocycles. The molecule has 1 aliphatic rings. The highest BCUT2D eigenvalue weighted by molar-refractivity contribution is 5.92. The van der Waals surface area contributed by atoms with Crippen molar-refractivity contribution < 1.29 is 13.6 Å². The third kappa shape index (κ3) is 4.65. The van der Waals surface area contributed by atoms with E-state index in [-0.39, 0.29) is 17.3 Å². The van der Waals surface area contributed by atoms with Crippen LogP contribution in [0.4, 0.5) is 20.2 Å². The van der Waals surface area contributed by atoms with E-state index in [1.54, 1.807) is 6.07 Å². The van der Waals surface area contributed by atoms with E-state index in [1.807, 2.05) is 0 Å². The molecule has 0 unspecified atom stereocenters. The zero-order chi connectivity index (χ0) is 18.4. The van der Waals surface area contributed by atoms with E-state index in [0.29, 0.717) is 12.2 Å². The lowest BCUT2D eigenvalue weighted by molar-refractivity contribution is 0.0949. The number of para-hydroxylation sites is 1. The van der Waals surface area contributed by atoms with Crippen molar-refractivity contribution in [3.05, 3.63) is 65.5 Å². The third-order valence-corrected chi connectivity index (χ3v) is 4.34. The van der Waals surface area contributed by atoms with E-state index >= 15 is 0 Å². The van der Waals surface area contributed by atoms with Crippen LogP contribution in [0, 0.1) is 11.6 Å². The molecule has 136 valence electrons. The van der Waals surface area contributed by atoms with Crippen molar-refractivity contribution in [3.8, 4) is 0 Å². The quantitative estimate of drug-likeness (QED) is 0.735. The van der Waals surface area contributed by atoms with Crippen LogP contribution in [-0.4, -0.2) is 17.4 Å². The number of halogens is 2. The van der Waals surface area contributed by atoms with Crippen LogP contribution < -0.4 is 10.6 Å². The summed E-state index contributed by atoms with van der Waals surface area (Å²) in [4.78, 5) is 16.2. The first kappa shape index (κ1) is 18.0. The second-order valence-corrected chi connectivity index (χ2v) is 6.27. The summed E-state index contributed by atoms with van der Waals surface area (Å²) in [5.74, 6) is -1.64. The molecule has 3 rings (SSSR count). The number of amides is 1. The Labute approximate surface area is 151 Å². The van der Waals surface area contributed by atoms with Crippen LogP contribution in [0.2, 0.25) is 0 Å². The maximum Gasteiger partial charge on any atom is 0.269 e. The average Bonchev–Trinajstić information content (AvgIpc) is 2.66. The van der Waals surface area contributed by atoms with Crippen molar-refractivity contribution in [1.29, 1.82) is 0 Å². The summed E-state index contributed by atoms with van der Waals surface area (Å²) >= 11 is 0. The maximum atomic E-state index is 13.6.